The number of aryl methyl sites for hydroxylation is 2. The summed E-state index contributed by atoms with van der Waals surface area (Å²) in [6.45, 7) is 11.6. The molecule has 2 aromatic carbocycles. The van der Waals surface area contributed by atoms with Gasteiger partial charge in [-0.2, -0.15) is 5.10 Å². The van der Waals surface area contributed by atoms with E-state index < -0.39 is 11.6 Å². The molecular formula is C28H31ClN4O3S. The van der Waals surface area contributed by atoms with Crippen LogP contribution in [0, 0.1) is 13.8 Å². The molecule has 0 radical (unpaired) electrons. The van der Waals surface area contributed by atoms with Gasteiger partial charge in [0.2, 0.25) is 0 Å². The molecule has 0 aliphatic carbocycles. The van der Waals surface area contributed by atoms with Crippen molar-refractivity contribution in [3.63, 3.8) is 0 Å². The summed E-state index contributed by atoms with van der Waals surface area (Å²) in [5.41, 5.74) is 7.32. The van der Waals surface area contributed by atoms with Gasteiger partial charge in [0.05, 0.1) is 22.3 Å². The van der Waals surface area contributed by atoms with Crippen LogP contribution in [0.4, 0.5) is 5.13 Å². The summed E-state index contributed by atoms with van der Waals surface area (Å²) >= 11 is 7.97. The predicted octanol–water partition coefficient (Wildman–Crippen LogP) is 6.33. The lowest BCUT2D eigenvalue weighted by Gasteiger charge is -2.26. The molecule has 9 heteroatoms. The van der Waals surface area contributed by atoms with Gasteiger partial charge in [-0.1, -0.05) is 22.9 Å². The number of nitrogens with zero attached hydrogens (tertiary/aromatic N) is 4. The Kier molecular flexibility index (Phi) is 6.44. The molecule has 194 valence electrons. The summed E-state index contributed by atoms with van der Waals surface area (Å²) in [4.78, 5) is 19.3. The van der Waals surface area contributed by atoms with Crippen LogP contribution in [-0.2, 0) is 31.2 Å². The van der Waals surface area contributed by atoms with Gasteiger partial charge in [0, 0.05) is 54.0 Å². The highest BCUT2D eigenvalue weighted by atomic mass is 35.5. The van der Waals surface area contributed by atoms with Gasteiger partial charge < -0.3 is 14.7 Å². The van der Waals surface area contributed by atoms with Crippen LogP contribution in [0.3, 0.4) is 0 Å². The molecule has 5 rings (SSSR count). The number of benzene rings is 2. The minimum atomic E-state index is -0.878. The fraction of sp³-hybridized carbons (Fsp3) is 0.393. The van der Waals surface area contributed by atoms with Gasteiger partial charge in [-0.3, -0.25) is 9.48 Å². The van der Waals surface area contributed by atoms with Gasteiger partial charge in [-0.15, -0.1) is 0 Å². The van der Waals surface area contributed by atoms with Gasteiger partial charge in [0.25, 0.3) is 0 Å². The number of anilines is 1. The number of aliphatic carboxylic acids is 1. The Bertz CT molecular complexity index is 1530. The van der Waals surface area contributed by atoms with Crippen molar-refractivity contribution in [3.05, 3.63) is 57.4 Å². The number of hydrogen-bond donors (Lipinski definition) is 1. The number of fused-ring (bicyclic) bond motifs is 2. The van der Waals surface area contributed by atoms with Crippen molar-refractivity contribution >= 4 is 44.3 Å². The van der Waals surface area contributed by atoms with Gasteiger partial charge in [0.15, 0.2) is 5.13 Å². The van der Waals surface area contributed by atoms with Crippen molar-refractivity contribution in [1.29, 1.82) is 0 Å². The van der Waals surface area contributed by atoms with E-state index in [1.807, 2.05) is 57.6 Å². The fourth-order valence-electron chi connectivity index (χ4n) is 4.94. The Morgan fingerprint density at radius 1 is 1.24 bits per heavy atom. The van der Waals surface area contributed by atoms with Gasteiger partial charge in [-0.25, -0.2) is 4.98 Å². The molecule has 0 unspecified atom stereocenters. The van der Waals surface area contributed by atoms with E-state index in [0.29, 0.717) is 10.8 Å². The third kappa shape index (κ3) is 4.92. The average Bonchev–Trinajstić information content (AvgIpc) is 3.34. The Balaban J connectivity index is 1.69. The molecule has 0 atom stereocenters. The average molecular weight is 539 g/mol. The number of carbonyl (C=O) groups is 1. The largest absolute Gasteiger partial charge is 0.487 e. The molecule has 0 saturated heterocycles. The number of carboxylic acid groups (broad SMARTS) is 1. The van der Waals surface area contributed by atoms with Crippen LogP contribution in [0.1, 0.15) is 48.8 Å². The first kappa shape index (κ1) is 25.5. The summed E-state index contributed by atoms with van der Waals surface area (Å²) in [5, 5.41) is 15.9. The number of thiazole rings is 1. The minimum Gasteiger partial charge on any atom is -0.487 e. The van der Waals surface area contributed by atoms with Gasteiger partial charge in [-0.05, 0) is 70.0 Å². The molecule has 0 amide bonds. The molecule has 0 saturated carbocycles. The van der Waals surface area contributed by atoms with E-state index in [2.05, 4.69) is 16.9 Å². The predicted molar refractivity (Wildman–Crippen MR) is 149 cm³/mol. The maximum absolute atomic E-state index is 11.9. The zero-order valence-corrected chi connectivity index (χ0v) is 23.5. The third-order valence-electron chi connectivity index (χ3n) is 6.74. The van der Waals surface area contributed by atoms with Crippen LogP contribution in [0.5, 0.6) is 5.75 Å². The molecule has 4 aromatic rings. The molecular weight excluding hydrogens is 508 g/mol. The number of halogens is 1. The lowest BCUT2D eigenvalue weighted by Crippen LogP contribution is -2.30. The standard InChI is InChI=1S/C28H31ClN4O3S/c1-15-11-22-26(37-27(30-22)33-10-9-21-20(14-33)16(2)32(6)31-21)25(19(15)13-24(34)35)18-8-7-17(29)12-23(18)36-28(3,4)5/h7-8,11-12H,9-10,13-14H2,1-6H3,(H,34,35). The SMILES string of the molecule is Cc1cc2nc(N3CCc4nn(C)c(C)c4C3)sc2c(-c2ccc(Cl)cc2OC(C)(C)C)c1CC(=O)O. The van der Waals surface area contributed by atoms with E-state index in [0.717, 1.165) is 62.8 Å². The fourth-order valence-corrected chi connectivity index (χ4v) is 6.26. The molecule has 37 heavy (non-hydrogen) atoms. The quantitative estimate of drug-likeness (QED) is 0.319. The zero-order valence-electron chi connectivity index (χ0n) is 22.0. The maximum atomic E-state index is 11.9. The Labute approximate surface area is 225 Å². The topological polar surface area (TPSA) is 80.5 Å². The van der Waals surface area contributed by atoms with Crippen LogP contribution in [0.2, 0.25) is 5.02 Å². The lowest BCUT2D eigenvalue weighted by molar-refractivity contribution is -0.136. The molecule has 2 aromatic heterocycles. The summed E-state index contributed by atoms with van der Waals surface area (Å²) in [7, 11) is 1.98. The number of ether oxygens (including phenoxy) is 1. The summed E-state index contributed by atoms with van der Waals surface area (Å²) < 4.78 is 9.23. The van der Waals surface area contributed by atoms with E-state index in [4.69, 9.17) is 21.3 Å². The summed E-state index contributed by atoms with van der Waals surface area (Å²) in [5.74, 6) is -0.251. The first-order valence-electron chi connectivity index (χ1n) is 12.3. The highest BCUT2D eigenvalue weighted by Gasteiger charge is 2.27. The number of hydrogen-bond acceptors (Lipinski definition) is 6. The van der Waals surface area contributed by atoms with Crippen LogP contribution in [-0.4, -0.2) is 38.0 Å². The molecule has 1 N–H and O–H groups in total. The van der Waals surface area contributed by atoms with Crippen LogP contribution >= 0.6 is 22.9 Å². The van der Waals surface area contributed by atoms with Crippen molar-refractivity contribution in [2.24, 2.45) is 7.05 Å². The normalized spacial score (nSPS) is 13.8. The van der Waals surface area contributed by atoms with E-state index in [1.165, 1.54) is 11.3 Å². The van der Waals surface area contributed by atoms with Crippen LogP contribution in [0.15, 0.2) is 24.3 Å². The van der Waals surface area contributed by atoms with Gasteiger partial charge >= 0.3 is 5.97 Å². The zero-order chi connectivity index (χ0) is 26.6. The lowest BCUT2D eigenvalue weighted by atomic mass is 9.92. The van der Waals surface area contributed by atoms with E-state index in [9.17, 15) is 9.90 Å². The number of carboxylic acids is 1. The van der Waals surface area contributed by atoms with Crippen LogP contribution in [0.25, 0.3) is 21.3 Å². The first-order valence-corrected chi connectivity index (χ1v) is 13.5. The van der Waals surface area contributed by atoms with Crippen molar-refractivity contribution in [2.75, 3.05) is 11.4 Å². The van der Waals surface area contributed by atoms with E-state index in [1.54, 1.807) is 17.4 Å². The van der Waals surface area contributed by atoms with Crippen LogP contribution < -0.4 is 9.64 Å². The van der Waals surface area contributed by atoms with Crippen molar-refractivity contribution in [3.8, 4) is 16.9 Å². The number of aromatic nitrogens is 3. The molecule has 0 bridgehead atoms. The molecule has 7 nitrogen and oxygen atoms in total. The minimum absolute atomic E-state index is 0.0934. The smallest absolute Gasteiger partial charge is 0.307 e. The molecule has 0 fully saturated rings. The molecule has 3 heterocycles. The van der Waals surface area contributed by atoms with E-state index in [-0.39, 0.29) is 6.42 Å². The Morgan fingerprint density at radius 3 is 2.70 bits per heavy atom. The first-order chi connectivity index (χ1) is 17.4. The highest BCUT2D eigenvalue weighted by Crippen LogP contribution is 2.45. The summed E-state index contributed by atoms with van der Waals surface area (Å²) in [6, 6.07) is 7.56. The summed E-state index contributed by atoms with van der Waals surface area (Å²) in [6.07, 6.45) is 0.772. The number of rotatable bonds is 5. The maximum Gasteiger partial charge on any atom is 0.307 e. The Hall–Kier alpha value is -3.10. The second-order valence-electron chi connectivity index (χ2n) is 10.6. The van der Waals surface area contributed by atoms with Crippen molar-refractivity contribution in [2.45, 2.75) is 59.6 Å². The Morgan fingerprint density at radius 2 is 2.00 bits per heavy atom. The second-order valence-corrected chi connectivity index (χ2v) is 12.0. The second kappa shape index (κ2) is 9.33. The molecule has 1 aliphatic heterocycles. The van der Waals surface area contributed by atoms with Gasteiger partial charge in [0.1, 0.15) is 11.4 Å². The van der Waals surface area contributed by atoms with E-state index >= 15 is 0 Å². The van der Waals surface area contributed by atoms with Crippen molar-refractivity contribution in [1.82, 2.24) is 14.8 Å². The third-order valence-corrected chi connectivity index (χ3v) is 8.12. The molecule has 1 aliphatic rings. The monoisotopic (exact) mass is 538 g/mol. The van der Waals surface area contributed by atoms with Crippen molar-refractivity contribution < 1.29 is 14.6 Å². The molecule has 0 spiro atoms. The highest BCUT2D eigenvalue weighted by molar-refractivity contribution is 7.22.